The van der Waals surface area contributed by atoms with Crippen molar-refractivity contribution >= 4 is 5.97 Å². The van der Waals surface area contributed by atoms with Crippen molar-refractivity contribution in [3.63, 3.8) is 0 Å². The van der Waals surface area contributed by atoms with Crippen LogP contribution in [0.25, 0.3) is 0 Å². The van der Waals surface area contributed by atoms with Crippen LogP contribution >= 0.6 is 0 Å². The SMILES string of the molecule is CCCCCOC(=O)C1CCC(CN)CC1. The van der Waals surface area contributed by atoms with E-state index in [0.717, 1.165) is 45.1 Å². The molecule has 3 nitrogen and oxygen atoms in total. The van der Waals surface area contributed by atoms with Crippen molar-refractivity contribution in [2.45, 2.75) is 51.9 Å². The largest absolute Gasteiger partial charge is 0.465 e. The summed E-state index contributed by atoms with van der Waals surface area (Å²) in [5, 5.41) is 0. The Kier molecular flexibility index (Phi) is 6.46. The Balaban J connectivity index is 2.13. The second kappa shape index (κ2) is 7.66. The number of carbonyl (C=O) groups excluding carboxylic acids is 1. The molecule has 0 aromatic carbocycles. The summed E-state index contributed by atoms with van der Waals surface area (Å²) in [5.74, 6) is 0.792. The quantitative estimate of drug-likeness (QED) is 0.560. The van der Waals surface area contributed by atoms with Gasteiger partial charge in [0.15, 0.2) is 0 Å². The molecule has 1 fully saturated rings. The summed E-state index contributed by atoms with van der Waals surface area (Å²) < 4.78 is 5.28. The lowest BCUT2D eigenvalue weighted by molar-refractivity contribution is -0.150. The fourth-order valence-electron chi connectivity index (χ4n) is 2.28. The molecule has 0 atom stereocenters. The molecule has 1 rings (SSSR count). The van der Waals surface area contributed by atoms with E-state index in [4.69, 9.17) is 10.5 Å². The molecule has 16 heavy (non-hydrogen) atoms. The van der Waals surface area contributed by atoms with E-state index in [-0.39, 0.29) is 11.9 Å². The molecule has 1 saturated carbocycles. The Morgan fingerprint density at radius 1 is 1.25 bits per heavy atom. The van der Waals surface area contributed by atoms with Gasteiger partial charge in [-0.1, -0.05) is 19.8 Å². The molecule has 94 valence electrons. The van der Waals surface area contributed by atoms with Gasteiger partial charge in [-0.05, 0) is 44.6 Å². The Hall–Kier alpha value is -0.570. The van der Waals surface area contributed by atoms with Crippen LogP contribution in [0.2, 0.25) is 0 Å². The van der Waals surface area contributed by atoms with Crippen molar-refractivity contribution in [2.75, 3.05) is 13.2 Å². The van der Waals surface area contributed by atoms with E-state index in [0.29, 0.717) is 12.5 Å². The standard InChI is InChI=1S/C13H25NO2/c1-2-3-4-9-16-13(15)12-7-5-11(10-14)6-8-12/h11-12H,2-10,14H2,1H3. The number of hydrogen-bond donors (Lipinski definition) is 1. The molecule has 2 N–H and O–H groups in total. The Labute approximate surface area is 98.7 Å². The van der Waals surface area contributed by atoms with Crippen molar-refractivity contribution in [1.29, 1.82) is 0 Å². The smallest absolute Gasteiger partial charge is 0.308 e. The molecule has 1 aliphatic rings. The molecular weight excluding hydrogens is 202 g/mol. The molecular formula is C13H25NO2. The van der Waals surface area contributed by atoms with Crippen molar-refractivity contribution in [1.82, 2.24) is 0 Å². The lowest BCUT2D eigenvalue weighted by Crippen LogP contribution is -2.27. The maximum Gasteiger partial charge on any atom is 0.308 e. The number of nitrogens with two attached hydrogens (primary N) is 1. The average Bonchev–Trinajstić information content (AvgIpc) is 2.34. The summed E-state index contributed by atoms with van der Waals surface area (Å²) in [6.07, 6.45) is 7.42. The summed E-state index contributed by atoms with van der Waals surface area (Å²) in [5.41, 5.74) is 5.62. The minimum absolute atomic E-state index is 0.0200. The third-order valence-corrected chi connectivity index (χ3v) is 3.51. The monoisotopic (exact) mass is 227 g/mol. The average molecular weight is 227 g/mol. The van der Waals surface area contributed by atoms with Gasteiger partial charge in [-0.2, -0.15) is 0 Å². The van der Waals surface area contributed by atoms with Gasteiger partial charge in [-0.15, -0.1) is 0 Å². The van der Waals surface area contributed by atoms with E-state index in [2.05, 4.69) is 6.92 Å². The van der Waals surface area contributed by atoms with Crippen LogP contribution in [0, 0.1) is 11.8 Å². The van der Waals surface area contributed by atoms with Gasteiger partial charge in [0.2, 0.25) is 0 Å². The molecule has 0 radical (unpaired) electrons. The van der Waals surface area contributed by atoms with Crippen LogP contribution in [-0.4, -0.2) is 19.1 Å². The molecule has 0 spiro atoms. The number of rotatable bonds is 6. The Bertz CT molecular complexity index is 198. The fourth-order valence-corrected chi connectivity index (χ4v) is 2.28. The van der Waals surface area contributed by atoms with Crippen molar-refractivity contribution in [2.24, 2.45) is 17.6 Å². The molecule has 0 amide bonds. The van der Waals surface area contributed by atoms with Gasteiger partial charge in [-0.25, -0.2) is 0 Å². The molecule has 0 heterocycles. The molecule has 0 bridgehead atoms. The van der Waals surface area contributed by atoms with Gasteiger partial charge in [-0.3, -0.25) is 4.79 Å². The first-order valence-electron chi connectivity index (χ1n) is 6.64. The number of esters is 1. The first-order valence-corrected chi connectivity index (χ1v) is 6.64. The zero-order valence-corrected chi connectivity index (χ0v) is 10.4. The molecule has 3 heteroatoms. The van der Waals surface area contributed by atoms with Gasteiger partial charge in [0.25, 0.3) is 0 Å². The number of hydrogen-bond acceptors (Lipinski definition) is 3. The van der Waals surface area contributed by atoms with Gasteiger partial charge in [0, 0.05) is 0 Å². The molecule has 0 aromatic rings. The zero-order chi connectivity index (χ0) is 11.8. The maximum atomic E-state index is 11.7. The topological polar surface area (TPSA) is 52.3 Å². The van der Waals surface area contributed by atoms with Gasteiger partial charge in [0.1, 0.15) is 0 Å². The number of ether oxygens (including phenoxy) is 1. The third kappa shape index (κ3) is 4.52. The van der Waals surface area contributed by atoms with Crippen LogP contribution in [0.15, 0.2) is 0 Å². The summed E-state index contributed by atoms with van der Waals surface area (Å²) in [4.78, 5) is 11.7. The first kappa shape index (κ1) is 13.5. The molecule has 1 aliphatic carbocycles. The highest BCUT2D eigenvalue weighted by Crippen LogP contribution is 2.28. The minimum Gasteiger partial charge on any atom is -0.465 e. The highest BCUT2D eigenvalue weighted by Gasteiger charge is 2.26. The number of carbonyl (C=O) groups is 1. The lowest BCUT2D eigenvalue weighted by Gasteiger charge is -2.26. The third-order valence-electron chi connectivity index (χ3n) is 3.51. The summed E-state index contributed by atoms with van der Waals surface area (Å²) >= 11 is 0. The van der Waals surface area contributed by atoms with Crippen molar-refractivity contribution in [3.8, 4) is 0 Å². The first-order chi connectivity index (χ1) is 7.77. The molecule has 0 aromatic heterocycles. The van der Waals surface area contributed by atoms with E-state index in [9.17, 15) is 4.79 Å². The molecule has 0 saturated heterocycles. The van der Waals surface area contributed by atoms with E-state index in [1.54, 1.807) is 0 Å². The highest BCUT2D eigenvalue weighted by atomic mass is 16.5. The zero-order valence-electron chi connectivity index (χ0n) is 10.4. The molecule has 0 unspecified atom stereocenters. The normalized spacial score (nSPS) is 25.4. The van der Waals surface area contributed by atoms with E-state index < -0.39 is 0 Å². The lowest BCUT2D eigenvalue weighted by atomic mass is 9.82. The van der Waals surface area contributed by atoms with Crippen LogP contribution < -0.4 is 5.73 Å². The maximum absolute atomic E-state index is 11.7. The minimum atomic E-state index is 0.0200. The van der Waals surface area contributed by atoms with Crippen LogP contribution in [0.4, 0.5) is 0 Å². The van der Waals surface area contributed by atoms with Gasteiger partial charge >= 0.3 is 5.97 Å². The summed E-state index contributed by atoms with van der Waals surface area (Å²) in [7, 11) is 0. The second-order valence-electron chi connectivity index (χ2n) is 4.83. The number of unbranched alkanes of at least 4 members (excludes halogenated alkanes) is 2. The highest BCUT2D eigenvalue weighted by molar-refractivity contribution is 5.72. The van der Waals surface area contributed by atoms with Crippen LogP contribution in [0.5, 0.6) is 0 Å². The van der Waals surface area contributed by atoms with Crippen LogP contribution in [0.3, 0.4) is 0 Å². The van der Waals surface area contributed by atoms with Crippen LogP contribution in [0.1, 0.15) is 51.9 Å². The fraction of sp³-hybridized carbons (Fsp3) is 0.923. The van der Waals surface area contributed by atoms with E-state index in [1.807, 2.05) is 0 Å². The second-order valence-corrected chi connectivity index (χ2v) is 4.83. The van der Waals surface area contributed by atoms with Crippen molar-refractivity contribution < 1.29 is 9.53 Å². The Morgan fingerprint density at radius 3 is 2.50 bits per heavy atom. The van der Waals surface area contributed by atoms with E-state index in [1.165, 1.54) is 6.42 Å². The van der Waals surface area contributed by atoms with Crippen molar-refractivity contribution in [3.05, 3.63) is 0 Å². The Morgan fingerprint density at radius 2 is 1.94 bits per heavy atom. The van der Waals surface area contributed by atoms with Gasteiger partial charge < -0.3 is 10.5 Å². The van der Waals surface area contributed by atoms with E-state index >= 15 is 0 Å². The van der Waals surface area contributed by atoms with Crippen LogP contribution in [-0.2, 0) is 9.53 Å². The van der Waals surface area contributed by atoms with Gasteiger partial charge in [0.05, 0.1) is 12.5 Å². The summed E-state index contributed by atoms with van der Waals surface area (Å²) in [6.45, 7) is 3.51. The predicted molar refractivity (Wildman–Crippen MR) is 65.0 cm³/mol. The predicted octanol–water partition coefficient (Wildman–Crippen LogP) is 2.48. The summed E-state index contributed by atoms with van der Waals surface area (Å²) in [6, 6.07) is 0. The molecule has 0 aliphatic heterocycles.